The normalized spacial score (nSPS) is 19.6. The van der Waals surface area contributed by atoms with Gasteiger partial charge in [0.1, 0.15) is 10.6 Å². The zero-order valence-corrected chi connectivity index (χ0v) is 12.5. The molecule has 2 heterocycles. The van der Waals surface area contributed by atoms with Gasteiger partial charge in [-0.2, -0.15) is 4.37 Å². The topological polar surface area (TPSA) is 74.5 Å². The molecule has 1 fully saturated rings. The highest BCUT2D eigenvalue weighted by Crippen LogP contribution is 2.31. The number of nitrogens with one attached hydrogen (secondary N) is 1. The van der Waals surface area contributed by atoms with E-state index in [0.29, 0.717) is 17.3 Å². The standard InChI is InChI=1S/C12H21N5OS/c1-14-11(18)9-10(13)15-19-12(9)17(3)7-8-4-5-16(2)6-8/h8H,4-7H2,1-3H3,(H2,13,15)(H,14,18). The second-order valence-electron chi connectivity index (χ2n) is 5.12. The number of rotatable bonds is 4. The second kappa shape index (κ2) is 5.75. The first-order valence-electron chi connectivity index (χ1n) is 6.39. The van der Waals surface area contributed by atoms with Gasteiger partial charge in [0, 0.05) is 27.2 Å². The summed E-state index contributed by atoms with van der Waals surface area (Å²) in [5.74, 6) is 0.780. The van der Waals surface area contributed by atoms with Crippen molar-refractivity contribution in [3.8, 4) is 0 Å². The molecule has 6 nitrogen and oxygen atoms in total. The maximum Gasteiger partial charge on any atom is 0.257 e. The molecule has 1 aromatic rings. The Labute approximate surface area is 117 Å². The number of hydrogen-bond acceptors (Lipinski definition) is 6. The highest BCUT2D eigenvalue weighted by atomic mass is 32.1. The molecule has 1 amide bonds. The van der Waals surface area contributed by atoms with Crippen LogP contribution in [0.4, 0.5) is 10.8 Å². The Hall–Kier alpha value is -1.34. The fraction of sp³-hybridized carbons (Fsp3) is 0.667. The summed E-state index contributed by atoms with van der Waals surface area (Å²) in [6, 6.07) is 0. The van der Waals surface area contributed by atoms with Gasteiger partial charge in [0.15, 0.2) is 5.82 Å². The molecule has 1 saturated heterocycles. The molecule has 0 saturated carbocycles. The van der Waals surface area contributed by atoms with E-state index in [0.717, 1.165) is 24.6 Å². The van der Waals surface area contributed by atoms with Gasteiger partial charge in [-0.3, -0.25) is 4.79 Å². The van der Waals surface area contributed by atoms with E-state index >= 15 is 0 Å². The summed E-state index contributed by atoms with van der Waals surface area (Å²) in [5.41, 5.74) is 6.29. The molecule has 106 valence electrons. The van der Waals surface area contributed by atoms with Gasteiger partial charge in [-0.05, 0) is 37.5 Å². The summed E-state index contributed by atoms with van der Waals surface area (Å²) >= 11 is 1.29. The van der Waals surface area contributed by atoms with Gasteiger partial charge in [0.2, 0.25) is 0 Å². The van der Waals surface area contributed by atoms with Crippen molar-refractivity contribution in [3.05, 3.63) is 5.56 Å². The van der Waals surface area contributed by atoms with Crippen LogP contribution in [0.3, 0.4) is 0 Å². The van der Waals surface area contributed by atoms with Gasteiger partial charge < -0.3 is 20.9 Å². The number of nitrogen functional groups attached to an aromatic ring is 1. The van der Waals surface area contributed by atoms with E-state index < -0.39 is 0 Å². The van der Waals surface area contributed by atoms with Crippen molar-refractivity contribution in [1.82, 2.24) is 14.6 Å². The third-order valence-corrected chi connectivity index (χ3v) is 4.50. The van der Waals surface area contributed by atoms with Gasteiger partial charge in [-0.25, -0.2) is 0 Å². The summed E-state index contributed by atoms with van der Waals surface area (Å²) in [6.07, 6.45) is 1.20. The largest absolute Gasteiger partial charge is 0.382 e. The smallest absolute Gasteiger partial charge is 0.257 e. The Morgan fingerprint density at radius 2 is 2.42 bits per heavy atom. The summed E-state index contributed by atoms with van der Waals surface area (Å²) < 4.78 is 4.10. The fourth-order valence-electron chi connectivity index (χ4n) is 2.54. The highest BCUT2D eigenvalue weighted by molar-refractivity contribution is 7.11. The number of aromatic nitrogens is 1. The highest BCUT2D eigenvalue weighted by Gasteiger charge is 2.25. The van der Waals surface area contributed by atoms with Crippen LogP contribution in [0.15, 0.2) is 0 Å². The molecular weight excluding hydrogens is 262 g/mol. The Morgan fingerprint density at radius 1 is 1.68 bits per heavy atom. The van der Waals surface area contributed by atoms with Crippen LogP contribution in [0.2, 0.25) is 0 Å². The predicted molar refractivity (Wildman–Crippen MR) is 78.8 cm³/mol. The maximum absolute atomic E-state index is 11.9. The number of nitrogens with two attached hydrogens (primary N) is 1. The van der Waals surface area contributed by atoms with Gasteiger partial charge in [-0.1, -0.05) is 0 Å². The van der Waals surface area contributed by atoms with E-state index in [9.17, 15) is 4.79 Å². The minimum absolute atomic E-state index is 0.170. The van der Waals surface area contributed by atoms with Gasteiger partial charge >= 0.3 is 0 Å². The molecule has 0 aromatic carbocycles. The minimum Gasteiger partial charge on any atom is -0.382 e. The number of nitrogens with zero attached hydrogens (tertiary/aromatic N) is 3. The first-order chi connectivity index (χ1) is 9.02. The van der Waals surface area contributed by atoms with E-state index in [4.69, 9.17) is 5.73 Å². The average Bonchev–Trinajstić information content (AvgIpc) is 2.94. The van der Waals surface area contributed by atoms with Crippen molar-refractivity contribution in [1.29, 1.82) is 0 Å². The van der Waals surface area contributed by atoms with Crippen LogP contribution < -0.4 is 16.0 Å². The summed E-state index contributed by atoms with van der Waals surface area (Å²) in [7, 11) is 5.74. The number of hydrogen-bond donors (Lipinski definition) is 2. The molecule has 0 spiro atoms. The van der Waals surface area contributed by atoms with Crippen molar-refractivity contribution in [2.75, 3.05) is 51.4 Å². The van der Waals surface area contributed by atoms with Gasteiger partial charge in [0.05, 0.1) is 0 Å². The van der Waals surface area contributed by atoms with Crippen LogP contribution in [0.25, 0.3) is 0 Å². The van der Waals surface area contributed by atoms with Crippen molar-refractivity contribution >= 4 is 28.3 Å². The SMILES string of the molecule is CNC(=O)c1c(N)nsc1N(C)CC1CCN(C)C1. The Kier molecular flexibility index (Phi) is 4.26. The van der Waals surface area contributed by atoms with Gasteiger partial charge in [0.25, 0.3) is 5.91 Å². The van der Waals surface area contributed by atoms with E-state index in [1.165, 1.54) is 18.0 Å². The molecule has 2 rings (SSSR count). The van der Waals surface area contributed by atoms with Crippen LogP contribution in [0.5, 0.6) is 0 Å². The van der Waals surface area contributed by atoms with E-state index in [1.54, 1.807) is 7.05 Å². The molecule has 1 aromatic heterocycles. The van der Waals surface area contributed by atoms with Crippen molar-refractivity contribution in [3.63, 3.8) is 0 Å². The van der Waals surface area contributed by atoms with Crippen molar-refractivity contribution < 1.29 is 4.79 Å². The number of carbonyl (C=O) groups is 1. The Balaban J connectivity index is 2.10. The van der Waals surface area contributed by atoms with Gasteiger partial charge in [-0.15, -0.1) is 0 Å². The molecule has 0 bridgehead atoms. The number of likely N-dealkylation sites (tertiary alicyclic amines) is 1. The number of anilines is 2. The van der Waals surface area contributed by atoms with Crippen LogP contribution in [-0.2, 0) is 0 Å². The lowest BCUT2D eigenvalue weighted by Gasteiger charge is -2.22. The van der Waals surface area contributed by atoms with Crippen LogP contribution in [0, 0.1) is 5.92 Å². The van der Waals surface area contributed by atoms with E-state index in [-0.39, 0.29) is 5.91 Å². The minimum atomic E-state index is -0.170. The quantitative estimate of drug-likeness (QED) is 0.840. The third kappa shape index (κ3) is 2.98. The molecule has 1 unspecified atom stereocenters. The molecule has 3 N–H and O–H groups in total. The Morgan fingerprint density at radius 3 is 3.00 bits per heavy atom. The van der Waals surface area contributed by atoms with Crippen molar-refractivity contribution in [2.45, 2.75) is 6.42 Å². The lowest BCUT2D eigenvalue weighted by Crippen LogP contribution is -2.29. The van der Waals surface area contributed by atoms with Crippen molar-refractivity contribution in [2.24, 2.45) is 5.92 Å². The molecule has 7 heteroatoms. The lowest BCUT2D eigenvalue weighted by molar-refractivity contribution is 0.0964. The third-order valence-electron chi connectivity index (χ3n) is 3.52. The first kappa shape index (κ1) is 14.1. The molecule has 1 aliphatic rings. The lowest BCUT2D eigenvalue weighted by atomic mass is 10.1. The average molecular weight is 283 g/mol. The summed E-state index contributed by atoms with van der Waals surface area (Å²) in [5, 5.41) is 3.47. The van der Waals surface area contributed by atoms with Crippen LogP contribution in [0.1, 0.15) is 16.8 Å². The number of carbonyl (C=O) groups excluding carboxylic acids is 1. The Bertz CT molecular complexity index is 461. The molecular formula is C12H21N5OS. The first-order valence-corrected chi connectivity index (χ1v) is 7.17. The molecule has 1 aliphatic heterocycles. The second-order valence-corrected chi connectivity index (χ2v) is 5.88. The molecule has 19 heavy (non-hydrogen) atoms. The molecule has 0 radical (unpaired) electrons. The summed E-state index contributed by atoms with van der Waals surface area (Å²) in [4.78, 5) is 16.3. The zero-order chi connectivity index (χ0) is 14.0. The molecule has 0 aliphatic carbocycles. The fourth-order valence-corrected chi connectivity index (χ4v) is 3.32. The maximum atomic E-state index is 11.9. The molecule has 1 atom stereocenters. The number of amides is 1. The monoisotopic (exact) mass is 283 g/mol. The zero-order valence-electron chi connectivity index (χ0n) is 11.6. The predicted octanol–water partition coefficient (Wildman–Crippen LogP) is 0.473. The summed E-state index contributed by atoms with van der Waals surface area (Å²) in [6.45, 7) is 3.18. The van der Waals surface area contributed by atoms with E-state index in [2.05, 4.69) is 26.5 Å². The van der Waals surface area contributed by atoms with Crippen LogP contribution in [-0.4, -0.2) is 56.0 Å². The van der Waals surface area contributed by atoms with E-state index in [1.807, 2.05) is 7.05 Å². The van der Waals surface area contributed by atoms with Crippen LogP contribution >= 0.6 is 11.5 Å².